The van der Waals surface area contributed by atoms with Crippen molar-refractivity contribution in [1.29, 1.82) is 0 Å². The van der Waals surface area contributed by atoms with Gasteiger partial charge in [0.15, 0.2) is 0 Å². The van der Waals surface area contributed by atoms with Gasteiger partial charge in [0.25, 0.3) is 5.19 Å². The van der Waals surface area contributed by atoms with E-state index in [0.717, 1.165) is 23.5 Å². The molecule has 142 valence electrons. The second-order valence-electron chi connectivity index (χ2n) is 5.41. The molecule has 0 unspecified atom stereocenters. The number of methoxy groups -OCH3 is 1. The number of carbonyl (C=O) groups is 1. The zero-order valence-corrected chi connectivity index (χ0v) is 14.9. The molecular weight excluding hydrogens is 383 g/mol. The van der Waals surface area contributed by atoms with Crippen LogP contribution in [0.5, 0.6) is 16.7 Å². The summed E-state index contributed by atoms with van der Waals surface area (Å²) < 4.78 is 54.2. The van der Waals surface area contributed by atoms with Crippen LogP contribution in [0.15, 0.2) is 42.5 Å². The molecule has 3 aromatic rings. The minimum absolute atomic E-state index is 0.139. The van der Waals surface area contributed by atoms with E-state index in [-0.39, 0.29) is 24.2 Å². The van der Waals surface area contributed by atoms with Gasteiger partial charge in [-0.15, -0.1) is 0 Å². The largest absolute Gasteiger partial charge is 0.493 e. The van der Waals surface area contributed by atoms with Crippen LogP contribution in [0.2, 0.25) is 0 Å². The molecule has 0 aliphatic carbocycles. The first-order valence-electron chi connectivity index (χ1n) is 7.80. The Bertz CT molecular complexity index is 938. The van der Waals surface area contributed by atoms with E-state index < -0.39 is 11.7 Å². The number of ether oxygens (including phenoxy) is 3. The Balaban J connectivity index is 1.65. The van der Waals surface area contributed by atoms with Gasteiger partial charge in [-0.2, -0.15) is 13.2 Å². The van der Waals surface area contributed by atoms with E-state index in [1.165, 1.54) is 13.2 Å². The van der Waals surface area contributed by atoms with Crippen LogP contribution >= 0.6 is 11.3 Å². The molecule has 0 spiro atoms. The summed E-state index contributed by atoms with van der Waals surface area (Å²) in [5.41, 5.74) is -0.288. The predicted octanol–water partition coefficient (Wildman–Crippen LogP) is 5.05. The van der Waals surface area contributed by atoms with Crippen LogP contribution in [-0.4, -0.2) is 24.7 Å². The van der Waals surface area contributed by atoms with Gasteiger partial charge in [0.05, 0.1) is 35.9 Å². The van der Waals surface area contributed by atoms with Crippen molar-refractivity contribution >= 4 is 27.5 Å². The number of hydrogen-bond donors (Lipinski definition) is 0. The summed E-state index contributed by atoms with van der Waals surface area (Å²) >= 11 is 1.03. The highest BCUT2D eigenvalue weighted by atomic mass is 32.1. The average molecular weight is 397 g/mol. The van der Waals surface area contributed by atoms with Gasteiger partial charge in [0, 0.05) is 0 Å². The quantitative estimate of drug-likeness (QED) is 0.545. The number of carbonyl (C=O) groups excluding carboxylic acids is 1. The maximum atomic E-state index is 12.8. The molecule has 27 heavy (non-hydrogen) atoms. The van der Waals surface area contributed by atoms with Crippen LogP contribution in [0.25, 0.3) is 10.2 Å². The number of esters is 1. The lowest BCUT2D eigenvalue weighted by atomic mass is 10.2. The first-order chi connectivity index (χ1) is 12.8. The molecule has 0 radical (unpaired) electrons. The van der Waals surface area contributed by atoms with Crippen LogP contribution < -0.4 is 9.47 Å². The Morgan fingerprint density at radius 1 is 1.11 bits per heavy atom. The summed E-state index contributed by atoms with van der Waals surface area (Å²) in [6, 6.07) is 9.95. The van der Waals surface area contributed by atoms with Gasteiger partial charge in [0.2, 0.25) is 0 Å². The van der Waals surface area contributed by atoms with E-state index in [4.69, 9.17) is 9.47 Å². The van der Waals surface area contributed by atoms with Crippen molar-refractivity contribution in [1.82, 2.24) is 4.98 Å². The zero-order valence-electron chi connectivity index (χ0n) is 14.1. The number of hydrogen-bond acceptors (Lipinski definition) is 6. The van der Waals surface area contributed by atoms with Crippen molar-refractivity contribution < 1.29 is 32.2 Å². The molecule has 0 aliphatic rings. The summed E-state index contributed by atoms with van der Waals surface area (Å²) in [5.74, 6) is 0.648. The second-order valence-corrected chi connectivity index (χ2v) is 6.40. The molecule has 9 heteroatoms. The van der Waals surface area contributed by atoms with Gasteiger partial charge >= 0.3 is 12.1 Å². The highest BCUT2D eigenvalue weighted by Gasteiger charge is 2.30. The smallest absolute Gasteiger partial charge is 0.416 e. The van der Waals surface area contributed by atoms with Gasteiger partial charge in [-0.05, 0) is 42.5 Å². The van der Waals surface area contributed by atoms with Crippen molar-refractivity contribution in [3.05, 3.63) is 48.0 Å². The summed E-state index contributed by atoms with van der Waals surface area (Å²) in [4.78, 5) is 15.2. The average Bonchev–Trinajstić information content (AvgIpc) is 3.03. The van der Waals surface area contributed by atoms with Crippen molar-refractivity contribution in [3.8, 4) is 16.7 Å². The normalized spacial score (nSPS) is 11.4. The van der Waals surface area contributed by atoms with E-state index in [0.29, 0.717) is 21.7 Å². The summed E-state index contributed by atoms with van der Waals surface area (Å²) in [6.07, 6.45) is -4.26. The van der Waals surface area contributed by atoms with Crippen LogP contribution in [0.4, 0.5) is 13.2 Å². The molecule has 0 N–H and O–H groups in total. The molecule has 2 aromatic carbocycles. The standard InChI is InChI=1S/C18H14F3NO4S/c1-24-16(23)8-9-25-12-3-5-13(6-4-12)26-17-22-14-7-2-11(18(19,20)21)10-15(14)27-17/h2-7,10H,8-9H2,1H3. The molecule has 0 bridgehead atoms. The number of alkyl halides is 3. The van der Waals surface area contributed by atoms with E-state index >= 15 is 0 Å². The summed E-state index contributed by atoms with van der Waals surface area (Å²) in [5, 5.41) is 0.240. The van der Waals surface area contributed by atoms with Crippen molar-refractivity contribution in [3.63, 3.8) is 0 Å². The fraction of sp³-hybridized carbons (Fsp3) is 0.222. The Labute approximate surface area is 156 Å². The minimum atomic E-state index is -4.40. The maximum Gasteiger partial charge on any atom is 0.416 e. The maximum absolute atomic E-state index is 12.8. The first-order valence-corrected chi connectivity index (χ1v) is 8.62. The highest BCUT2D eigenvalue weighted by Crippen LogP contribution is 2.36. The lowest BCUT2D eigenvalue weighted by Crippen LogP contribution is -2.07. The van der Waals surface area contributed by atoms with Gasteiger partial charge in [-0.3, -0.25) is 4.79 Å². The SMILES string of the molecule is COC(=O)CCOc1ccc(Oc2nc3ccc(C(F)(F)F)cc3s2)cc1. The van der Waals surface area contributed by atoms with Gasteiger partial charge in [-0.1, -0.05) is 11.3 Å². The molecule has 0 amide bonds. The predicted molar refractivity (Wildman–Crippen MR) is 93.3 cm³/mol. The molecule has 0 fully saturated rings. The molecule has 1 heterocycles. The van der Waals surface area contributed by atoms with Crippen molar-refractivity contribution in [2.24, 2.45) is 0 Å². The molecule has 0 atom stereocenters. The summed E-state index contributed by atoms with van der Waals surface area (Å²) in [6.45, 7) is 0.187. The van der Waals surface area contributed by atoms with Gasteiger partial charge < -0.3 is 14.2 Å². The fourth-order valence-corrected chi connectivity index (χ4v) is 3.06. The Kier molecular flexibility index (Phi) is 5.50. The van der Waals surface area contributed by atoms with Crippen LogP contribution in [0.3, 0.4) is 0 Å². The monoisotopic (exact) mass is 397 g/mol. The number of thiazole rings is 1. The van der Waals surface area contributed by atoms with Crippen molar-refractivity contribution in [2.45, 2.75) is 12.6 Å². The highest BCUT2D eigenvalue weighted by molar-refractivity contribution is 7.20. The minimum Gasteiger partial charge on any atom is -0.493 e. The number of nitrogens with zero attached hydrogens (tertiary/aromatic N) is 1. The first kappa shape index (κ1) is 19.0. The molecule has 1 aromatic heterocycles. The lowest BCUT2D eigenvalue weighted by Gasteiger charge is -2.06. The molecule has 3 rings (SSSR count). The number of benzene rings is 2. The molecule has 0 aliphatic heterocycles. The number of aromatic nitrogens is 1. The fourth-order valence-electron chi connectivity index (χ4n) is 2.18. The third-order valence-electron chi connectivity index (χ3n) is 3.53. The number of fused-ring (bicyclic) bond motifs is 1. The number of rotatable bonds is 6. The van der Waals surface area contributed by atoms with Gasteiger partial charge in [-0.25, -0.2) is 4.98 Å². The van der Waals surface area contributed by atoms with Gasteiger partial charge in [0.1, 0.15) is 11.5 Å². The molecular formula is C18H14F3NO4S. The van der Waals surface area contributed by atoms with Crippen LogP contribution in [0, 0.1) is 0 Å². The van der Waals surface area contributed by atoms with E-state index in [1.807, 2.05) is 0 Å². The Hall–Kier alpha value is -2.81. The molecule has 0 saturated heterocycles. The Morgan fingerprint density at radius 3 is 2.48 bits per heavy atom. The van der Waals surface area contributed by atoms with Crippen LogP contribution in [0.1, 0.15) is 12.0 Å². The van der Waals surface area contributed by atoms with E-state index in [2.05, 4.69) is 9.72 Å². The topological polar surface area (TPSA) is 57.7 Å². The van der Waals surface area contributed by atoms with E-state index in [1.54, 1.807) is 24.3 Å². The van der Waals surface area contributed by atoms with E-state index in [9.17, 15) is 18.0 Å². The number of halogens is 3. The Morgan fingerprint density at radius 2 is 1.81 bits per heavy atom. The summed E-state index contributed by atoms with van der Waals surface area (Å²) in [7, 11) is 1.31. The lowest BCUT2D eigenvalue weighted by molar-refractivity contribution is -0.141. The van der Waals surface area contributed by atoms with Crippen molar-refractivity contribution in [2.75, 3.05) is 13.7 Å². The third kappa shape index (κ3) is 4.88. The third-order valence-corrected chi connectivity index (χ3v) is 4.42. The molecule has 5 nitrogen and oxygen atoms in total. The van der Waals surface area contributed by atoms with Crippen LogP contribution in [-0.2, 0) is 15.7 Å². The second kappa shape index (κ2) is 7.83. The zero-order chi connectivity index (χ0) is 19.4. The molecule has 0 saturated carbocycles.